The summed E-state index contributed by atoms with van der Waals surface area (Å²) in [4.78, 5) is 48.5. The minimum absolute atomic E-state index is 0. The van der Waals surface area contributed by atoms with Crippen LogP contribution in [0.3, 0.4) is 0 Å². The van der Waals surface area contributed by atoms with Gasteiger partial charge in [0.15, 0.2) is 0 Å². The Morgan fingerprint density at radius 2 is 0.365 bits per heavy atom. The van der Waals surface area contributed by atoms with Crippen molar-refractivity contribution in [1.29, 1.82) is 0 Å². The molecule has 8 fully saturated rings. The van der Waals surface area contributed by atoms with Gasteiger partial charge in [-0.05, 0) is 184 Å². The molecular weight excluding hydrogens is 1300 g/mol. The van der Waals surface area contributed by atoms with Gasteiger partial charge in [-0.15, -0.1) is 23.9 Å². The molecule has 12 heterocycles. The number of hydrogen-bond acceptors (Lipinski definition) is 20. The molecule has 104 heavy (non-hydrogen) atoms. The van der Waals surface area contributed by atoms with Crippen molar-refractivity contribution in [3.63, 3.8) is 0 Å². The van der Waals surface area contributed by atoms with Crippen LogP contribution in [0.4, 0.5) is 0 Å². The summed E-state index contributed by atoms with van der Waals surface area (Å²) in [5.74, 6) is 5.16. The molecule has 0 saturated carbocycles. The maximum atomic E-state index is 12.1. The third kappa shape index (κ3) is 22.1. The molecule has 0 radical (unpaired) electrons. The second-order valence-corrected chi connectivity index (χ2v) is 30.5. The van der Waals surface area contributed by atoms with Crippen molar-refractivity contribution >= 4 is 73.2 Å². The summed E-state index contributed by atoms with van der Waals surface area (Å²) in [7, 11) is 0. The van der Waals surface area contributed by atoms with E-state index < -0.39 is 95.7 Å². The Labute approximate surface area is 664 Å². The Hall–Kier alpha value is -4.11. The molecule has 544 valence electrons. The molecule has 12 aliphatic rings. The van der Waals surface area contributed by atoms with Crippen LogP contribution in [0.25, 0.3) is 22.3 Å². The fraction of sp³-hybridized carbons (Fsp3) is 0.526. The van der Waals surface area contributed by atoms with Crippen LogP contribution in [0.2, 0.25) is 0 Å². The summed E-state index contributed by atoms with van der Waals surface area (Å²) >= 11 is 0. The first kappa shape index (κ1) is 90.5. The van der Waals surface area contributed by atoms with Crippen LogP contribution in [0.5, 0.6) is 0 Å². The maximum Gasteiger partial charge on any atom is 1.00 e. The van der Waals surface area contributed by atoms with Gasteiger partial charge >= 0.3 is 102 Å². The summed E-state index contributed by atoms with van der Waals surface area (Å²) < 4.78 is 89.2. The zero-order valence-corrected chi connectivity index (χ0v) is 65.6. The fourth-order valence-electron chi connectivity index (χ4n) is 12.4. The van der Waals surface area contributed by atoms with Crippen LogP contribution in [-0.2, 0) is 94.0 Å². The molecule has 4 aromatic carbocycles. The summed E-state index contributed by atoms with van der Waals surface area (Å²) in [6.45, 7) is 30.4. The van der Waals surface area contributed by atoms with Gasteiger partial charge in [-0.3, -0.25) is 19.2 Å². The fourth-order valence-corrected chi connectivity index (χ4v) is 12.4. The summed E-state index contributed by atoms with van der Waals surface area (Å²) in [5.41, 5.74) is 0.986. The van der Waals surface area contributed by atoms with E-state index in [-0.39, 0.29) is 75.4 Å². The molecule has 4 aromatic rings. The van der Waals surface area contributed by atoms with Gasteiger partial charge in [0.2, 0.25) is 0 Å². The van der Waals surface area contributed by atoms with Crippen molar-refractivity contribution < 1.29 is 169 Å². The standard InChI is InChI=1S/4C15H18BO4.4C4H8O.4Li/c4*1-14(2)15(3,4)20-16(19-14)10-12(13(17)18-16)11-8-6-5-7-9-11;4*1-2-4-5-3-1;;;;/h4*5-10H,1-4H3;4*1-4H2;;;;/q4*-1;;;;;4*+1. The van der Waals surface area contributed by atoms with E-state index in [4.69, 9.17) is 74.8 Å². The average molecular weight is 1410 g/mol. The van der Waals surface area contributed by atoms with Crippen molar-refractivity contribution in [2.45, 2.75) is 207 Å². The molecular formula is C76H104B4Li4O20. The van der Waals surface area contributed by atoms with E-state index in [1.807, 2.05) is 232 Å². The van der Waals surface area contributed by atoms with Crippen molar-refractivity contribution in [2.75, 3.05) is 52.9 Å². The predicted octanol–water partition coefficient (Wildman–Crippen LogP) is 2.04. The third-order valence-corrected chi connectivity index (χ3v) is 20.6. The molecule has 12 aliphatic heterocycles. The molecule has 16 rings (SSSR count). The summed E-state index contributed by atoms with van der Waals surface area (Å²) in [5, 5.41) is 0. The van der Waals surface area contributed by atoms with Crippen LogP contribution in [0.15, 0.2) is 145 Å². The number of ether oxygens (including phenoxy) is 4. The zero-order chi connectivity index (χ0) is 72.5. The Kier molecular flexibility index (Phi) is 32.3. The molecule has 4 spiro atoms. The van der Waals surface area contributed by atoms with Crippen molar-refractivity contribution in [3.05, 3.63) is 167 Å². The minimum Gasteiger partial charge on any atom is -0.637 e. The van der Waals surface area contributed by atoms with E-state index in [2.05, 4.69) is 0 Å². The van der Waals surface area contributed by atoms with Gasteiger partial charge in [-0.2, -0.15) is 0 Å². The quantitative estimate of drug-likeness (QED) is 0.267. The van der Waals surface area contributed by atoms with E-state index in [9.17, 15) is 19.2 Å². The van der Waals surface area contributed by atoms with Gasteiger partial charge in [-0.25, -0.2) is 0 Å². The first-order chi connectivity index (χ1) is 47.0. The van der Waals surface area contributed by atoms with Crippen LogP contribution < -0.4 is 75.4 Å². The van der Waals surface area contributed by atoms with E-state index >= 15 is 0 Å². The Balaban J connectivity index is 0.000000225. The number of hydrogen-bond donors (Lipinski definition) is 0. The van der Waals surface area contributed by atoms with Gasteiger partial charge in [0.05, 0.1) is 0 Å². The average Bonchev–Trinajstić information content (AvgIpc) is 1.60. The van der Waals surface area contributed by atoms with Gasteiger partial charge < -0.3 is 74.8 Å². The molecule has 8 saturated heterocycles. The SMILES string of the molecule is C1CCOC1.C1CCOC1.C1CCOC1.C1CCOC1.CC1(C)O[B-]2(C=C(c3ccccc3)C(=O)O2)OC1(C)C.CC1(C)O[B-]2(C=C(c3ccccc3)C(=O)O2)OC1(C)C.CC1(C)O[B-]2(C=C(c3ccccc3)C(=O)O2)OC1(C)C.CC1(C)O[B-]2(C=C(c3ccccc3)C(=O)O2)OC1(C)C.[Li+].[Li+].[Li+].[Li+]. The topological polar surface area (TPSA) is 216 Å². The number of rotatable bonds is 4. The smallest absolute Gasteiger partial charge is 0.637 e. The Morgan fingerprint density at radius 1 is 0.231 bits per heavy atom. The monoisotopic (exact) mass is 1410 g/mol. The molecule has 0 N–H and O–H groups in total. The van der Waals surface area contributed by atoms with E-state index in [1.165, 1.54) is 51.4 Å². The maximum absolute atomic E-state index is 12.1. The van der Waals surface area contributed by atoms with E-state index in [0.29, 0.717) is 22.3 Å². The first-order valence-electron chi connectivity index (χ1n) is 35.5. The third-order valence-electron chi connectivity index (χ3n) is 20.6. The molecule has 20 nitrogen and oxygen atoms in total. The second-order valence-electron chi connectivity index (χ2n) is 30.5. The minimum atomic E-state index is -2.15. The van der Waals surface area contributed by atoms with Crippen LogP contribution >= 0.6 is 0 Å². The van der Waals surface area contributed by atoms with Crippen molar-refractivity contribution in [3.8, 4) is 0 Å². The van der Waals surface area contributed by atoms with Crippen molar-refractivity contribution in [1.82, 2.24) is 0 Å². The molecule has 0 atom stereocenters. The number of carbonyl (C=O) groups excluding carboxylic acids is 4. The molecule has 0 unspecified atom stereocenters. The molecule has 0 aliphatic carbocycles. The van der Waals surface area contributed by atoms with Gasteiger partial charge in [0.25, 0.3) is 23.9 Å². The van der Waals surface area contributed by atoms with Gasteiger partial charge in [-0.1, -0.05) is 121 Å². The van der Waals surface area contributed by atoms with E-state index in [0.717, 1.165) is 75.1 Å². The number of carbonyl (C=O) groups is 4. The summed E-state index contributed by atoms with van der Waals surface area (Å²) in [6.07, 6.45) is 10.2. The van der Waals surface area contributed by atoms with E-state index in [1.54, 1.807) is 23.9 Å². The van der Waals surface area contributed by atoms with Crippen molar-refractivity contribution in [2.24, 2.45) is 0 Å². The Morgan fingerprint density at radius 3 is 0.481 bits per heavy atom. The molecule has 0 aromatic heterocycles. The van der Waals surface area contributed by atoms with Crippen LogP contribution in [0.1, 0.15) is 184 Å². The largest absolute Gasteiger partial charge is 1.00 e. The first-order valence-corrected chi connectivity index (χ1v) is 35.5. The van der Waals surface area contributed by atoms with Gasteiger partial charge in [0, 0.05) is 120 Å². The summed E-state index contributed by atoms with van der Waals surface area (Å²) in [6, 6.07) is 37.6. The zero-order valence-electron chi connectivity index (χ0n) is 65.6. The molecule has 0 bridgehead atoms. The number of benzene rings is 4. The van der Waals surface area contributed by atoms with Crippen LogP contribution in [-0.4, -0.2) is 149 Å². The Bertz CT molecular complexity index is 3050. The molecule has 28 heteroatoms. The second kappa shape index (κ2) is 37.1. The normalized spacial score (nSPS) is 24.3. The van der Waals surface area contributed by atoms with Gasteiger partial charge in [0.1, 0.15) is 0 Å². The molecule has 0 amide bonds. The van der Waals surface area contributed by atoms with Crippen LogP contribution in [0, 0.1) is 0 Å². The predicted molar refractivity (Wildman–Crippen MR) is 387 cm³/mol.